The Morgan fingerprint density at radius 1 is 1.25 bits per heavy atom. The van der Waals surface area contributed by atoms with E-state index in [1.165, 1.54) is 36.5 Å². The van der Waals surface area contributed by atoms with Gasteiger partial charge in [-0.25, -0.2) is 0 Å². The fourth-order valence-electron chi connectivity index (χ4n) is 2.75. The highest BCUT2D eigenvalue weighted by Crippen LogP contribution is 2.36. The Morgan fingerprint density at radius 2 is 2.06 bits per heavy atom. The second kappa shape index (κ2) is 4.08. The Bertz CT molecular complexity index is 356. The summed E-state index contributed by atoms with van der Waals surface area (Å²) >= 11 is 1.92. The number of fused-ring (bicyclic) bond motifs is 1. The van der Waals surface area contributed by atoms with Gasteiger partial charge in [0.15, 0.2) is 0 Å². The highest BCUT2D eigenvalue weighted by atomic mass is 32.2. The van der Waals surface area contributed by atoms with E-state index < -0.39 is 0 Å². The van der Waals surface area contributed by atoms with Gasteiger partial charge in [0.1, 0.15) is 0 Å². The smallest absolute Gasteiger partial charge is 0.0943 e. The summed E-state index contributed by atoms with van der Waals surface area (Å²) in [7, 11) is 0. The molecule has 1 aliphatic carbocycles. The minimum Gasteiger partial charge on any atom is -0.320 e. The molecule has 2 N–H and O–H groups in total. The van der Waals surface area contributed by atoms with Crippen LogP contribution >= 0.6 is 11.8 Å². The summed E-state index contributed by atoms with van der Waals surface area (Å²) in [4.78, 5) is 0. The zero-order chi connectivity index (χ0) is 11.0. The third kappa shape index (κ3) is 1.78. The molecule has 0 spiro atoms. The summed E-state index contributed by atoms with van der Waals surface area (Å²) in [5, 5.41) is 6.03. The molecular weight excluding hydrogens is 218 g/mol. The minimum absolute atomic E-state index is 0.136. The van der Waals surface area contributed by atoms with Gasteiger partial charge in [-0.05, 0) is 25.3 Å². The van der Waals surface area contributed by atoms with Crippen molar-refractivity contribution in [1.29, 1.82) is 0 Å². The van der Waals surface area contributed by atoms with Gasteiger partial charge in [-0.2, -0.15) is 5.10 Å². The molecular formula is C12H19N3S. The predicted octanol–water partition coefficient (Wildman–Crippen LogP) is 2.50. The van der Waals surface area contributed by atoms with Crippen molar-refractivity contribution in [3.63, 3.8) is 0 Å². The first kappa shape index (κ1) is 10.7. The highest BCUT2D eigenvalue weighted by molar-refractivity contribution is 7.99. The second-order valence-corrected chi connectivity index (χ2v) is 6.12. The zero-order valence-electron chi connectivity index (χ0n) is 9.61. The molecule has 0 atom stereocenters. The third-order valence-electron chi connectivity index (χ3n) is 3.76. The van der Waals surface area contributed by atoms with E-state index in [1.54, 1.807) is 0 Å². The molecule has 3 nitrogen and oxygen atoms in total. The Hall–Kier alpha value is -0.480. The van der Waals surface area contributed by atoms with Crippen LogP contribution in [0.5, 0.6) is 0 Å². The lowest BCUT2D eigenvalue weighted by molar-refractivity contribution is 0.292. The summed E-state index contributed by atoms with van der Waals surface area (Å²) in [5.41, 5.74) is 7.51. The van der Waals surface area contributed by atoms with Crippen LogP contribution in [0.1, 0.15) is 44.2 Å². The number of hydrogen-bond donors (Lipinski definition) is 1. The maximum Gasteiger partial charge on any atom is 0.0943 e. The van der Waals surface area contributed by atoms with Gasteiger partial charge in [-0.1, -0.05) is 19.3 Å². The molecule has 88 valence electrons. The van der Waals surface area contributed by atoms with Gasteiger partial charge in [-0.15, -0.1) is 11.8 Å². The van der Waals surface area contributed by atoms with Crippen molar-refractivity contribution in [2.75, 3.05) is 5.75 Å². The van der Waals surface area contributed by atoms with E-state index >= 15 is 0 Å². The number of thioether (sulfide) groups is 1. The van der Waals surface area contributed by atoms with Crippen LogP contribution < -0.4 is 5.73 Å². The van der Waals surface area contributed by atoms with E-state index in [0.717, 1.165) is 25.1 Å². The summed E-state index contributed by atoms with van der Waals surface area (Å²) in [5.74, 6) is 1.22. The molecule has 0 aromatic carbocycles. The fourth-order valence-corrected chi connectivity index (χ4v) is 3.71. The van der Waals surface area contributed by atoms with Crippen molar-refractivity contribution in [2.24, 2.45) is 5.73 Å². The molecule has 4 heteroatoms. The van der Waals surface area contributed by atoms with E-state index in [4.69, 9.17) is 10.8 Å². The number of nitrogens with two attached hydrogens (primary N) is 1. The number of nitrogens with zero attached hydrogens (tertiary/aromatic N) is 2. The van der Waals surface area contributed by atoms with Crippen LogP contribution in [0.2, 0.25) is 0 Å². The van der Waals surface area contributed by atoms with Crippen molar-refractivity contribution in [3.8, 4) is 0 Å². The lowest BCUT2D eigenvalue weighted by Crippen LogP contribution is -2.39. The molecule has 1 aromatic heterocycles. The molecule has 0 saturated heterocycles. The molecule has 1 fully saturated rings. The monoisotopic (exact) mass is 237 g/mol. The van der Waals surface area contributed by atoms with Crippen molar-refractivity contribution >= 4 is 11.8 Å². The summed E-state index contributed by atoms with van der Waals surface area (Å²) < 4.78 is 2.15. The summed E-state index contributed by atoms with van der Waals surface area (Å²) in [6, 6.07) is 2.23. The van der Waals surface area contributed by atoms with Gasteiger partial charge >= 0.3 is 0 Å². The first-order valence-electron chi connectivity index (χ1n) is 6.28. The number of aromatic nitrogens is 2. The van der Waals surface area contributed by atoms with Crippen LogP contribution in [-0.2, 0) is 12.1 Å². The van der Waals surface area contributed by atoms with E-state index in [2.05, 4.69) is 10.7 Å². The zero-order valence-corrected chi connectivity index (χ0v) is 10.4. The predicted molar refractivity (Wildman–Crippen MR) is 66.5 cm³/mol. The largest absolute Gasteiger partial charge is 0.320 e. The van der Waals surface area contributed by atoms with Crippen LogP contribution in [0.3, 0.4) is 0 Å². The number of rotatable bonds is 1. The van der Waals surface area contributed by atoms with Crippen molar-refractivity contribution in [1.82, 2.24) is 9.78 Å². The molecule has 1 aliphatic heterocycles. The standard InChI is InChI=1S/C12H19N3S/c13-12(5-2-1-3-6-12)10-9-11-15(14-10)7-4-8-16-11/h9H,1-8,13H2. The van der Waals surface area contributed by atoms with Gasteiger partial charge in [-0.3, -0.25) is 4.68 Å². The maximum absolute atomic E-state index is 6.51. The van der Waals surface area contributed by atoms with Gasteiger partial charge < -0.3 is 5.73 Å². The van der Waals surface area contributed by atoms with Crippen LogP contribution in [-0.4, -0.2) is 15.5 Å². The topological polar surface area (TPSA) is 43.8 Å². The Balaban J connectivity index is 1.90. The molecule has 3 rings (SSSR count). The molecule has 16 heavy (non-hydrogen) atoms. The minimum atomic E-state index is -0.136. The quantitative estimate of drug-likeness (QED) is 0.816. The number of hydrogen-bond acceptors (Lipinski definition) is 3. The Morgan fingerprint density at radius 3 is 2.81 bits per heavy atom. The van der Waals surface area contributed by atoms with Crippen molar-refractivity contribution in [3.05, 3.63) is 11.8 Å². The van der Waals surface area contributed by atoms with Crippen molar-refractivity contribution in [2.45, 2.75) is 55.6 Å². The van der Waals surface area contributed by atoms with Crippen LogP contribution in [0, 0.1) is 0 Å². The van der Waals surface area contributed by atoms with E-state index in [1.807, 2.05) is 11.8 Å². The average Bonchev–Trinajstić information content (AvgIpc) is 2.74. The molecule has 0 radical (unpaired) electrons. The lowest BCUT2D eigenvalue weighted by atomic mass is 9.80. The fraction of sp³-hybridized carbons (Fsp3) is 0.750. The summed E-state index contributed by atoms with van der Waals surface area (Å²) in [6.45, 7) is 1.07. The van der Waals surface area contributed by atoms with Gasteiger partial charge in [0.05, 0.1) is 16.3 Å². The van der Waals surface area contributed by atoms with E-state index in [0.29, 0.717) is 0 Å². The average molecular weight is 237 g/mol. The highest BCUT2D eigenvalue weighted by Gasteiger charge is 2.32. The Labute approximate surface area is 101 Å². The molecule has 0 unspecified atom stereocenters. The molecule has 0 amide bonds. The molecule has 0 bridgehead atoms. The van der Waals surface area contributed by atoms with Crippen molar-refractivity contribution < 1.29 is 0 Å². The third-order valence-corrected chi connectivity index (χ3v) is 4.88. The van der Waals surface area contributed by atoms with E-state index in [-0.39, 0.29) is 5.54 Å². The van der Waals surface area contributed by atoms with Crippen LogP contribution in [0.25, 0.3) is 0 Å². The maximum atomic E-state index is 6.51. The van der Waals surface area contributed by atoms with Crippen LogP contribution in [0.4, 0.5) is 0 Å². The lowest BCUT2D eigenvalue weighted by Gasteiger charge is -2.31. The molecule has 2 heterocycles. The van der Waals surface area contributed by atoms with Gasteiger partial charge in [0.25, 0.3) is 0 Å². The Kier molecular flexibility index (Phi) is 2.72. The SMILES string of the molecule is NC1(c2cc3n(n2)CCCS3)CCCCC1. The second-order valence-electron chi connectivity index (χ2n) is 5.01. The molecule has 1 aromatic rings. The van der Waals surface area contributed by atoms with Gasteiger partial charge in [0.2, 0.25) is 0 Å². The molecule has 1 saturated carbocycles. The van der Waals surface area contributed by atoms with E-state index in [9.17, 15) is 0 Å². The molecule has 2 aliphatic rings. The normalized spacial score (nSPS) is 24.1. The van der Waals surface area contributed by atoms with Crippen LogP contribution in [0.15, 0.2) is 11.1 Å². The summed E-state index contributed by atoms with van der Waals surface area (Å²) in [6.07, 6.45) is 7.29. The first-order valence-corrected chi connectivity index (χ1v) is 7.26. The van der Waals surface area contributed by atoms with Gasteiger partial charge in [0, 0.05) is 12.3 Å². The number of aryl methyl sites for hydroxylation is 1. The first-order chi connectivity index (χ1) is 7.78.